The Morgan fingerprint density at radius 3 is 2.74 bits per heavy atom. The van der Waals surface area contributed by atoms with Gasteiger partial charge in [-0.3, -0.25) is 10.1 Å². The molecule has 0 saturated carbocycles. The standard InChI is InChI=1S/C14H21N3O5S/c1-14(2)8-10(5-6-22-14)9-16-12-4-3-11(23(15,20)21)7-13(12)17(18)19/h3-4,7,10,16H,5-6,8-9H2,1-2H3,(H2,15,20,21)/t10-/m1/s1. The molecule has 1 aromatic rings. The van der Waals surface area contributed by atoms with Gasteiger partial charge in [0.15, 0.2) is 0 Å². The molecule has 1 aliphatic rings. The molecule has 0 aliphatic carbocycles. The second-order valence-electron chi connectivity index (χ2n) is 6.33. The van der Waals surface area contributed by atoms with Crippen molar-refractivity contribution in [3.8, 4) is 0 Å². The summed E-state index contributed by atoms with van der Waals surface area (Å²) in [6.45, 7) is 5.25. The van der Waals surface area contributed by atoms with Gasteiger partial charge in [0.1, 0.15) is 5.69 Å². The largest absolute Gasteiger partial charge is 0.379 e. The van der Waals surface area contributed by atoms with Gasteiger partial charge in [0.05, 0.1) is 15.4 Å². The van der Waals surface area contributed by atoms with Crippen molar-refractivity contribution in [2.45, 2.75) is 37.2 Å². The number of sulfonamides is 1. The van der Waals surface area contributed by atoms with E-state index in [2.05, 4.69) is 5.32 Å². The van der Waals surface area contributed by atoms with Crippen LogP contribution in [0.5, 0.6) is 0 Å². The molecule has 1 aliphatic heterocycles. The molecule has 1 atom stereocenters. The third kappa shape index (κ3) is 4.63. The summed E-state index contributed by atoms with van der Waals surface area (Å²) in [6, 6.07) is 3.62. The van der Waals surface area contributed by atoms with Crippen LogP contribution in [0.15, 0.2) is 23.1 Å². The fraction of sp³-hybridized carbons (Fsp3) is 0.571. The van der Waals surface area contributed by atoms with Crippen LogP contribution < -0.4 is 10.5 Å². The van der Waals surface area contributed by atoms with Gasteiger partial charge in [-0.1, -0.05) is 0 Å². The fourth-order valence-corrected chi connectivity index (χ4v) is 3.31. The fourth-order valence-electron chi connectivity index (χ4n) is 2.78. The molecule has 0 aromatic heterocycles. The Hall–Kier alpha value is -1.71. The van der Waals surface area contributed by atoms with Gasteiger partial charge >= 0.3 is 0 Å². The average molecular weight is 343 g/mol. The van der Waals surface area contributed by atoms with Crippen molar-refractivity contribution in [2.75, 3.05) is 18.5 Å². The van der Waals surface area contributed by atoms with E-state index in [1.165, 1.54) is 12.1 Å². The molecule has 23 heavy (non-hydrogen) atoms. The minimum atomic E-state index is -3.98. The van der Waals surface area contributed by atoms with Crippen molar-refractivity contribution < 1.29 is 18.1 Å². The van der Waals surface area contributed by atoms with Gasteiger partial charge in [0, 0.05) is 19.2 Å². The van der Waals surface area contributed by atoms with Crippen molar-refractivity contribution in [2.24, 2.45) is 11.1 Å². The van der Waals surface area contributed by atoms with Crippen LogP contribution in [0.2, 0.25) is 0 Å². The van der Waals surface area contributed by atoms with Crippen molar-refractivity contribution in [1.82, 2.24) is 0 Å². The monoisotopic (exact) mass is 343 g/mol. The predicted molar refractivity (Wildman–Crippen MR) is 85.7 cm³/mol. The number of rotatable bonds is 5. The molecule has 2 rings (SSSR count). The topological polar surface area (TPSA) is 125 Å². The molecule has 3 N–H and O–H groups in total. The number of nitro benzene ring substituents is 1. The Morgan fingerprint density at radius 1 is 1.48 bits per heavy atom. The van der Waals surface area contributed by atoms with E-state index in [1.807, 2.05) is 13.8 Å². The van der Waals surface area contributed by atoms with Gasteiger partial charge in [0.25, 0.3) is 5.69 Å². The van der Waals surface area contributed by atoms with Crippen LogP contribution in [-0.4, -0.2) is 32.1 Å². The summed E-state index contributed by atoms with van der Waals surface area (Å²) in [5.41, 5.74) is -0.219. The number of primary sulfonamides is 1. The minimum Gasteiger partial charge on any atom is -0.379 e. The highest BCUT2D eigenvalue weighted by Gasteiger charge is 2.29. The first-order valence-corrected chi connectivity index (χ1v) is 8.82. The lowest BCUT2D eigenvalue weighted by Crippen LogP contribution is -2.36. The van der Waals surface area contributed by atoms with E-state index in [0.717, 1.165) is 18.9 Å². The summed E-state index contributed by atoms with van der Waals surface area (Å²) in [6.07, 6.45) is 1.72. The Labute approximate surface area is 135 Å². The summed E-state index contributed by atoms with van der Waals surface area (Å²) in [5, 5.41) is 19.2. The maximum atomic E-state index is 11.3. The van der Waals surface area contributed by atoms with Crippen molar-refractivity contribution >= 4 is 21.4 Å². The lowest BCUT2D eigenvalue weighted by molar-refractivity contribution is -0.384. The van der Waals surface area contributed by atoms with Gasteiger partial charge < -0.3 is 10.1 Å². The number of benzene rings is 1. The number of hydrogen-bond donors (Lipinski definition) is 2. The smallest absolute Gasteiger partial charge is 0.293 e. The van der Waals surface area contributed by atoms with Crippen molar-refractivity contribution in [3.63, 3.8) is 0 Å². The molecule has 1 heterocycles. The zero-order chi connectivity index (χ0) is 17.3. The van der Waals surface area contributed by atoms with E-state index in [9.17, 15) is 18.5 Å². The highest BCUT2D eigenvalue weighted by molar-refractivity contribution is 7.89. The third-order valence-electron chi connectivity index (χ3n) is 3.87. The molecule has 8 nitrogen and oxygen atoms in total. The normalized spacial score (nSPS) is 20.9. The summed E-state index contributed by atoms with van der Waals surface area (Å²) in [5.74, 6) is 0.330. The highest BCUT2D eigenvalue weighted by atomic mass is 32.2. The summed E-state index contributed by atoms with van der Waals surface area (Å²) in [7, 11) is -3.98. The van der Waals surface area contributed by atoms with Crippen LogP contribution in [-0.2, 0) is 14.8 Å². The second-order valence-corrected chi connectivity index (χ2v) is 7.89. The molecule has 1 aromatic carbocycles. The van der Waals surface area contributed by atoms with Crippen LogP contribution in [0.3, 0.4) is 0 Å². The van der Waals surface area contributed by atoms with E-state index in [4.69, 9.17) is 9.88 Å². The Morgan fingerprint density at radius 2 is 2.17 bits per heavy atom. The lowest BCUT2D eigenvalue weighted by atomic mass is 9.88. The van der Waals surface area contributed by atoms with E-state index >= 15 is 0 Å². The van der Waals surface area contributed by atoms with E-state index < -0.39 is 14.9 Å². The molecule has 1 fully saturated rings. The maximum absolute atomic E-state index is 11.3. The summed E-state index contributed by atoms with van der Waals surface area (Å²) in [4.78, 5) is 10.3. The summed E-state index contributed by atoms with van der Waals surface area (Å²) >= 11 is 0. The van der Waals surface area contributed by atoms with Crippen molar-refractivity contribution in [1.29, 1.82) is 0 Å². The zero-order valence-corrected chi connectivity index (χ0v) is 13.9. The average Bonchev–Trinajstić information content (AvgIpc) is 2.42. The first-order valence-electron chi connectivity index (χ1n) is 7.27. The molecule has 0 radical (unpaired) electrons. The molecule has 0 unspecified atom stereocenters. The van der Waals surface area contributed by atoms with Crippen LogP contribution in [0.25, 0.3) is 0 Å². The number of anilines is 1. The second kappa shape index (κ2) is 6.42. The third-order valence-corrected chi connectivity index (χ3v) is 4.79. The van der Waals surface area contributed by atoms with Gasteiger partial charge in [0.2, 0.25) is 10.0 Å². The lowest BCUT2D eigenvalue weighted by Gasteiger charge is -2.35. The number of nitrogens with one attached hydrogen (secondary N) is 1. The molecule has 0 spiro atoms. The number of nitro groups is 1. The maximum Gasteiger partial charge on any atom is 0.293 e. The first-order chi connectivity index (χ1) is 10.6. The number of ether oxygens (including phenoxy) is 1. The molecule has 0 bridgehead atoms. The summed E-state index contributed by atoms with van der Waals surface area (Å²) < 4.78 is 28.3. The Kier molecular flexibility index (Phi) is 4.92. The Bertz CT molecular complexity index is 702. The molecule has 128 valence electrons. The van der Waals surface area contributed by atoms with Gasteiger partial charge in [-0.2, -0.15) is 0 Å². The SMILES string of the molecule is CC1(C)C[C@H](CNc2ccc(S(N)(=O)=O)cc2[N+](=O)[O-])CCO1. The molecular weight excluding hydrogens is 322 g/mol. The van der Waals surface area contributed by atoms with Crippen molar-refractivity contribution in [3.05, 3.63) is 28.3 Å². The van der Waals surface area contributed by atoms with Crippen LogP contribution in [0.1, 0.15) is 26.7 Å². The van der Waals surface area contributed by atoms with Gasteiger partial charge in [-0.05, 0) is 44.7 Å². The Balaban J connectivity index is 2.15. The highest BCUT2D eigenvalue weighted by Crippen LogP contribution is 2.31. The number of hydrogen-bond acceptors (Lipinski definition) is 6. The van der Waals surface area contributed by atoms with Crippen LogP contribution in [0.4, 0.5) is 11.4 Å². The predicted octanol–water partition coefficient (Wildman–Crippen LogP) is 1.86. The molecule has 1 saturated heterocycles. The van der Waals surface area contributed by atoms with Crippen LogP contribution >= 0.6 is 0 Å². The molecule has 9 heteroatoms. The number of nitrogens with two attached hydrogens (primary N) is 1. The molecular formula is C14H21N3O5S. The first kappa shape index (κ1) is 17.6. The van der Waals surface area contributed by atoms with E-state index in [1.54, 1.807) is 0 Å². The quantitative estimate of drug-likeness (QED) is 0.621. The zero-order valence-electron chi connectivity index (χ0n) is 13.1. The van der Waals surface area contributed by atoms with E-state index in [0.29, 0.717) is 19.1 Å². The number of nitrogens with zero attached hydrogens (tertiary/aromatic N) is 1. The minimum absolute atomic E-state index is 0.200. The van der Waals surface area contributed by atoms with Gasteiger partial charge in [-0.15, -0.1) is 0 Å². The van der Waals surface area contributed by atoms with Crippen LogP contribution in [0, 0.1) is 16.0 Å². The van der Waals surface area contributed by atoms with E-state index in [-0.39, 0.29) is 21.9 Å². The molecule has 0 amide bonds. The van der Waals surface area contributed by atoms with Gasteiger partial charge in [-0.25, -0.2) is 13.6 Å².